The Morgan fingerprint density at radius 3 is 2.20 bits per heavy atom. The van der Waals surface area contributed by atoms with Crippen LogP contribution in [0.2, 0.25) is 0 Å². The summed E-state index contributed by atoms with van der Waals surface area (Å²) in [5, 5.41) is 3.52. The standard InChI is InChI=1S/C24H23N5S/c1-30-23-11-3-2-10-22(23)28-24-19(7-4-15-27-24)12-16-29(20-8-5-13-25-17-20)21-9-6-14-26-18-21/h2-11,13-15,17-18H,12,16H2,1H3,(H,27,28). The zero-order chi connectivity index (χ0) is 20.6. The molecular weight excluding hydrogens is 390 g/mol. The highest BCUT2D eigenvalue weighted by molar-refractivity contribution is 7.98. The quantitative estimate of drug-likeness (QED) is 0.373. The number of aromatic nitrogens is 3. The number of hydrogen-bond acceptors (Lipinski definition) is 6. The number of nitrogens with zero attached hydrogens (tertiary/aromatic N) is 4. The van der Waals surface area contributed by atoms with Gasteiger partial charge in [-0.1, -0.05) is 18.2 Å². The number of hydrogen-bond donors (Lipinski definition) is 1. The molecule has 0 amide bonds. The van der Waals surface area contributed by atoms with Crippen LogP contribution in [-0.4, -0.2) is 27.8 Å². The molecule has 3 heterocycles. The van der Waals surface area contributed by atoms with Gasteiger partial charge in [0.05, 0.1) is 29.5 Å². The Morgan fingerprint density at radius 1 is 0.833 bits per heavy atom. The number of rotatable bonds is 8. The minimum atomic E-state index is 0.780. The average Bonchev–Trinajstić information content (AvgIpc) is 2.82. The molecule has 0 atom stereocenters. The molecule has 4 rings (SSSR count). The van der Waals surface area contributed by atoms with E-state index in [4.69, 9.17) is 0 Å². The molecule has 0 saturated carbocycles. The maximum absolute atomic E-state index is 4.61. The predicted molar refractivity (Wildman–Crippen MR) is 125 cm³/mol. The molecule has 150 valence electrons. The van der Waals surface area contributed by atoms with Crippen LogP contribution in [0.15, 0.2) is 96.5 Å². The van der Waals surface area contributed by atoms with E-state index in [2.05, 4.69) is 67.8 Å². The van der Waals surface area contributed by atoms with E-state index in [0.29, 0.717) is 0 Å². The van der Waals surface area contributed by atoms with Gasteiger partial charge in [0, 0.05) is 30.0 Å². The van der Waals surface area contributed by atoms with E-state index in [0.717, 1.165) is 41.4 Å². The van der Waals surface area contributed by atoms with Crippen LogP contribution >= 0.6 is 11.8 Å². The molecule has 3 aromatic heterocycles. The van der Waals surface area contributed by atoms with Gasteiger partial charge in [0.15, 0.2) is 0 Å². The number of thioether (sulfide) groups is 1. The van der Waals surface area contributed by atoms with Crippen LogP contribution in [0.25, 0.3) is 0 Å². The lowest BCUT2D eigenvalue weighted by Gasteiger charge is -2.24. The highest BCUT2D eigenvalue weighted by Crippen LogP contribution is 2.29. The number of anilines is 4. The number of pyridine rings is 3. The zero-order valence-electron chi connectivity index (χ0n) is 16.8. The van der Waals surface area contributed by atoms with Gasteiger partial charge in [0.25, 0.3) is 0 Å². The molecule has 0 spiro atoms. The van der Waals surface area contributed by atoms with E-state index < -0.39 is 0 Å². The average molecular weight is 414 g/mol. The van der Waals surface area contributed by atoms with Gasteiger partial charge >= 0.3 is 0 Å². The number of benzene rings is 1. The van der Waals surface area contributed by atoms with Crippen molar-refractivity contribution in [3.63, 3.8) is 0 Å². The molecule has 0 aliphatic heterocycles. The molecule has 0 aliphatic rings. The van der Waals surface area contributed by atoms with Gasteiger partial charge in [-0.15, -0.1) is 11.8 Å². The molecule has 6 heteroatoms. The normalized spacial score (nSPS) is 10.6. The molecule has 5 nitrogen and oxygen atoms in total. The Hall–Kier alpha value is -3.38. The smallest absolute Gasteiger partial charge is 0.133 e. The van der Waals surface area contributed by atoms with Crippen molar-refractivity contribution in [1.82, 2.24) is 15.0 Å². The first-order chi connectivity index (χ1) is 14.8. The highest BCUT2D eigenvalue weighted by Gasteiger charge is 2.12. The van der Waals surface area contributed by atoms with E-state index >= 15 is 0 Å². The first-order valence-electron chi connectivity index (χ1n) is 9.76. The molecule has 0 bridgehead atoms. The third-order valence-electron chi connectivity index (χ3n) is 4.77. The third-order valence-corrected chi connectivity index (χ3v) is 5.57. The van der Waals surface area contributed by atoms with Crippen molar-refractivity contribution < 1.29 is 0 Å². The van der Waals surface area contributed by atoms with Gasteiger partial charge in [0.2, 0.25) is 0 Å². The summed E-state index contributed by atoms with van der Waals surface area (Å²) in [5.74, 6) is 0.885. The lowest BCUT2D eigenvalue weighted by atomic mass is 10.1. The molecule has 4 aromatic rings. The second-order valence-electron chi connectivity index (χ2n) is 6.66. The molecule has 0 fully saturated rings. The maximum atomic E-state index is 4.61. The lowest BCUT2D eigenvalue weighted by Crippen LogP contribution is -2.21. The van der Waals surface area contributed by atoms with Crippen molar-refractivity contribution in [3.8, 4) is 0 Å². The van der Waals surface area contributed by atoms with Crippen molar-refractivity contribution in [2.24, 2.45) is 0 Å². The molecular formula is C24H23N5S. The molecule has 0 unspecified atom stereocenters. The third kappa shape index (κ3) is 4.78. The van der Waals surface area contributed by atoms with E-state index in [9.17, 15) is 0 Å². The van der Waals surface area contributed by atoms with Gasteiger partial charge < -0.3 is 10.2 Å². The maximum Gasteiger partial charge on any atom is 0.133 e. The Bertz CT molecular complexity index is 1030. The fourth-order valence-electron chi connectivity index (χ4n) is 3.29. The number of nitrogens with one attached hydrogen (secondary N) is 1. The van der Waals surface area contributed by atoms with Gasteiger partial charge in [0.1, 0.15) is 5.82 Å². The summed E-state index contributed by atoms with van der Waals surface area (Å²) < 4.78 is 0. The minimum absolute atomic E-state index is 0.780. The number of para-hydroxylation sites is 1. The Labute approximate surface area is 181 Å². The van der Waals surface area contributed by atoms with Crippen molar-refractivity contribution in [1.29, 1.82) is 0 Å². The zero-order valence-corrected chi connectivity index (χ0v) is 17.6. The highest BCUT2D eigenvalue weighted by atomic mass is 32.2. The molecule has 1 aromatic carbocycles. The van der Waals surface area contributed by atoms with E-state index in [-0.39, 0.29) is 0 Å². The molecule has 0 saturated heterocycles. The van der Waals surface area contributed by atoms with E-state index in [1.54, 1.807) is 24.2 Å². The van der Waals surface area contributed by atoms with Crippen LogP contribution in [0.4, 0.5) is 22.9 Å². The summed E-state index contributed by atoms with van der Waals surface area (Å²) in [6.45, 7) is 0.780. The Morgan fingerprint density at radius 2 is 1.53 bits per heavy atom. The topological polar surface area (TPSA) is 53.9 Å². The van der Waals surface area contributed by atoms with E-state index in [1.807, 2.05) is 42.9 Å². The Kier molecular flexibility index (Phi) is 6.57. The lowest BCUT2D eigenvalue weighted by molar-refractivity contribution is 0.903. The summed E-state index contributed by atoms with van der Waals surface area (Å²) >= 11 is 1.72. The van der Waals surface area contributed by atoms with Crippen LogP contribution in [-0.2, 0) is 6.42 Å². The fourth-order valence-corrected chi connectivity index (χ4v) is 3.85. The van der Waals surface area contributed by atoms with E-state index in [1.165, 1.54) is 4.90 Å². The monoisotopic (exact) mass is 413 g/mol. The van der Waals surface area contributed by atoms with Crippen LogP contribution < -0.4 is 10.2 Å². The minimum Gasteiger partial charge on any atom is -0.339 e. The second kappa shape index (κ2) is 9.89. The molecule has 0 radical (unpaired) electrons. The summed E-state index contributed by atoms with van der Waals surface area (Å²) in [4.78, 5) is 16.6. The second-order valence-corrected chi connectivity index (χ2v) is 7.51. The van der Waals surface area contributed by atoms with Gasteiger partial charge in [-0.2, -0.15) is 0 Å². The summed E-state index contributed by atoms with van der Waals surface area (Å²) in [5.41, 5.74) is 4.31. The van der Waals surface area contributed by atoms with Crippen molar-refractivity contribution >= 4 is 34.6 Å². The SMILES string of the molecule is CSc1ccccc1Nc1ncccc1CCN(c1cccnc1)c1cccnc1. The van der Waals surface area contributed by atoms with Crippen LogP contribution in [0, 0.1) is 0 Å². The fraction of sp³-hybridized carbons (Fsp3) is 0.125. The van der Waals surface area contributed by atoms with Crippen LogP contribution in [0.5, 0.6) is 0 Å². The predicted octanol–water partition coefficient (Wildman–Crippen LogP) is 5.72. The first-order valence-corrected chi connectivity index (χ1v) is 11.0. The van der Waals surface area contributed by atoms with Crippen molar-refractivity contribution in [3.05, 3.63) is 97.2 Å². The van der Waals surface area contributed by atoms with Crippen LogP contribution in [0.3, 0.4) is 0 Å². The Balaban J connectivity index is 1.58. The van der Waals surface area contributed by atoms with Gasteiger partial charge in [-0.25, -0.2) is 4.98 Å². The van der Waals surface area contributed by atoms with Crippen LogP contribution in [0.1, 0.15) is 5.56 Å². The molecule has 0 aliphatic carbocycles. The molecule has 30 heavy (non-hydrogen) atoms. The van der Waals surface area contributed by atoms with Gasteiger partial charge in [-0.3, -0.25) is 9.97 Å². The molecule has 1 N–H and O–H groups in total. The summed E-state index contributed by atoms with van der Waals surface area (Å²) in [6, 6.07) is 20.4. The van der Waals surface area contributed by atoms with Crippen molar-refractivity contribution in [2.45, 2.75) is 11.3 Å². The largest absolute Gasteiger partial charge is 0.339 e. The summed E-state index contributed by atoms with van der Waals surface area (Å²) in [6.07, 6.45) is 12.1. The first kappa shape index (κ1) is 19.9. The van der Waals surface area contributed by atoms with Gasteiger partial charge in [-0.05, 0) is 60.7 Å². The van der Waals surface area contributed by atoms with Crippen molar-refractivity contribution in [2.75, 3.05) is 23.0 Å². The summed E-state index contributed by atoms with van der Waals surface area (Å²) in [7, 11) is 0.